The largest absolute Gasteiger partial charge is 0.389 e. The molecule has 1 saturated heterocycles. The average Bonchev–Trinajstić information content (AvgIpc) is 2.48. The minimum absolute atomic E-state index is 0.512. The molecule has 4 nitrogen and oxygen atoms in total. The lowest BCUT2D eigenvalue weighted by Gasteiger charge is -2.39. The predicted octanol–water partition coefficient (Wildman–Crippen LogP) is 2.24. The Morgan fingerprint density at radius 3 is 2.52 bits per heavy atom. The van der Waals surface area contributed by atoms with Gasteiger partial charge in [0.25, 0.3) is 0 Å². The van der Waals surface area contributed by atoms with Crippen LogP contribution in [0, 0.1) is 0 Å². The second-order valence-corrected chi connectivity index (χ2v) is 5.81. The van der Waals surface area contributed by atoms with Gasteiger partial charge in [0.1, 0.15) is 5.82 Å². The fourth-order valence-electron chi connectivity index (χ4n) is 2.98. The zero-order valence-electron chi connectivity index (χ0n) is 12.1. The fraction of sp³-hybridized carbons (Fsp3) is 0.353. The van der Waals surface area contributed by atoms with Crippen LogP contribution in [0.15, 0.2) is 48.7 Å². The molecule has 3 rings (SSSR count). The van der Waals surface area contributed by atoms with E-state index in [0.717, 1.165) is 31.5 Å². The van der Waals surface area contributed by atoms with Crippen LogP contribution in [0.5, 0.6) is 0 Å². The van der Waals surface area contributed by atoms with Gasteiger partial charge in [-0.15, -0.1) is 0 Å². The van der Waals surface area contributed by atoms with E-state index >= 15 is 0 Å². The third-order valence-electron chi connectivity index (χ3n) is 4.19. The maximum absolute atomic E-state index is 10.8. The van der Waals surface area contributed by atoms with Crippen LogP contribution in [-0.2, 0) is 6.42 Å². The van der Waals surface area contributed by atoms with E-state index in [-0.39, 0.29) is 0 Å². The first-order valence-corrected chi connectivity index (χ1v) is 7.37. The summed E-state index contributed by atoms with van der Waals surface area (Å²) < 4.78 is 0. The number of nitrogen functional groups attached to an aromatic ring is 1. The highest BCUT2D eigenvalue weighted by Gasteiger charge is 2.32. The number of nitrogens with zero attached hydrogens (tertiary/aromatic N) is 2. The molecule has 2 aromatic rings. The van der Waals surface area contributed by atoms with Gasteiger partial charge in [-0.05, 0) is 42.7 Å². The number of benzene rings is 1. The lowest BCUT2D eigenvalue weighted by atomic mass is 9.85. The van der Waals surface area contributed by atoms with E-state index in [1.54, 1.807) is 6.20 Å². The van der Waals surface area contributed by atoms with Crippen molar-refractivity contribution in [1.82, 2.24) is 4.98 Å². The smallest absolute Gasteiger partial charge is 0.123 e. The highest BCUT2D eigenvalue weighted by molar-refractivity contribution is 5.46. The summed E-state index contributed by atoms with van der Waals surface area (Å²) in [6, 6.07) is 14.1. The van der Waals surface area contributed by atoms with Crippen LogP contribution in [0.1, 0.15) is 18.4 Å². The monoisotopic (exact) mass is 283 g/mol. The zero-order chi connectivity index (χ0) is 14.7. The first-order chi connectivity index (χ1) is 10.1. The molecule has 0 aliphatic carbocycles. The summed E-state index contributed by atoms with van der Waals surface area (Å²) in [7, 11) is 0. The van der Waals surface area contributed by atoms with Gasteiger partial charge in [0, 0.05) is 31.4 Å². The first-order valence-electron chi connectivity index (χ1n) is 7.37. The molecule has 0 bridgehead atoms. The Labute approximate surface area is 125 Å². The third-order valence-corrected chi connectivity index (χ3v) is 4.19. The van der Waals surface area contributed by atoms with Crippen molar-refractivity contribution in [1.29, 1.82) is 0 Å². The molecule has 1 fully saturated rings. The van der Waals surface area contributed by atoms with E-state index < -0.39 is 5.60 Å². The molecule has 2 heterocycles. The molecule has 0 unspecified atom stereocenters. The first kappa shape index (κ1) is 13.9. The number of para-hydroxylation sites is 1. The van der Waals surface area contributed by atoms with Crippen LogP contribution in [-0.4, -0.2) is 28.8 Å². The molecule has 1 aromatic carbocycles. The average molecular weight is 283 g/mol. The maximum atomic E-state index is 10.8. The predicted molar refractivity (Wildman–Crippen MR) is 85.2 cm³/mol. The number of hydrogen-bond acceptors (Lipinski definition) is 4. The number of hydrogen-bond donors (Lipinski definition) is 2. The molecule has 1 aromatic heterocycles. The summed E-state index contributed by atoms with van der Waals surface area (Å²) in [4.78, 5) is 6.32. The number of nitrogens with two attached hydrogens (primary N) is 1. The molecule has 21 heavy (non-hydrogen) atoms. The van der Waals surface area contributed by atoms with Crippen LogP contribution in [0.25, 0.3) is 0 Å². The summed E-state index contributed by atoms with van der Waals surface area (Å²) in [6.45, 7) is 1.75. The Kier molecular flexibility index (Phi) is 3.80. The fourth-order valence-corrected chi connectivity index (χ4v) is 2.98. The van der Waals surface area contributed by atoms with E-state index in [1.165, 1.54) is 5.69 Å². The van der Waals surface area contributed by atoms with E-state index in [9.17, 15) is 5.11 Å². The topological polar surface area (TPSA) is 62.4 Å². The van der Waals surface area contributed by atoms with Crippen molar-refractivity contribution >= 4 is 11.5 Å². The van der Waals surface area contributed by atoms with Crippen molar-refractivity contribution in [3.63, 3.8) is 0 Å². The Bertz CT molecular complexity index is 592. The standard InChI is InChI=1S/C17H21N3O/c18-16-12-14(6-9-19-16)13-17(21)7-10-20(11-8-17)15-4-2-1-3-5-15/h1-6,9,12,21H,7-8,10-11,13H2,(H2,18,19). The summed E-state index contributed by atoms with van der Waals surface area (Å²) in [5, 5.41) is 10.8. The number of anilines is 2. The molecule has 0 amide bonds. The minimum Gasteiger partial charge on any atom is -0.389 e. The molecule has 0 radical (unpaired) electrons. The van der Waals surface area contributed by atoms with E-state index in [1.807, 2.05) is 18.2 Å². The number of aliphatic hydroxyl groups is 1. The summed E-state index contributed by atoms with van der Waals surface area (Å²) in [5.74, 6) is 0.512. The highest BCUT2D eigenvalue weighted by atomic mass is 16.3. The van der Waals surface area contributed by atoms with Crippen molar-refractivity contribution in [3.8, 4) is 0 Å². The Morgan fingerprint density at radius 2 is 1.86 bits per heavy atom. The van der Waals surface area contributed by atoms with Gasteiger partial charge in [0.2, 0.25) is 0 Å². The van der Waals surface area contributed by atoms with Crippen LogP contribution in [0.2, 0.25) is 0 Å². The molecule has 0 saturated carbocycles. The van der Waals surface area contributed by atoms with Crippen LogP contribution >= 0.6 is 0 Å². The number of pyridine rings is 1. The second-order valence-electron chi connectivity index (χ2n) is 5.81. The van der Waals surface area contributed by atoms with Crippen LogP contribution in [0.3, 0.4) is 0 Å². The summed E-state index contributed by atoms with van der Waals surface area (Å²) in [5.41, 5.74) is 7.35. The van der Waals surface area contributed by atoms with Gasteiger partial charge in [-0.1, -0.05) is 18.2 Å². The number of piperidine rings is 1. The van der Waals surface area contributed by atoms with Gasteiger partial charge < -0.3 is 15.7 Å². The summed E-state index contributed by atoms with van der Waals surface area (Å²) >= 11 is 0. The maximum Gasteiger partial charge on any atom is 0.123 e. The normalized spacial score (nSPS) is 17.7. The van der Waals surface area contributed by atoms with Gasteiger partial charge in [-0.3, -0.25) is 0 Å². The molecule has 1 aliphatic heterocycles. The van der Waals surface area contributed by atoms with Crippen molar-refractivity contribution in [3.05, 3.63) is 54.2 Å². The Balaban J connectivity index is 1.64. The Hall–Kier alpha value is -2.07. The highest BCUT2D eigenvalue weighted by Crippen LogP contribution is 2.29. The lowest BCUT2D eigenvalue weighted by Crippen LogP contribution is -2.45. The molecule has 0 atom stereocenters. The van der Waals surface area contributed by atoms with Gasteiger partial charge in [0.05, 0.1) is 5.60 Å². The molecular formula is C17H21N3O. The SMILES string of the molecule is Nc1cc(CC2(O)CCN(c3ccccc3)CC2)ccn1. The van der Waals surface area contributed by atoms with Gasteiger partial charge >= 0.3 is 0 Å². The van der Waals surface area contributed by atoms with Crippen molar-refractivity contribution in [2.45, 2.75) is 24.9 Å². The van der Waals surface area contributed by atoms with Gasteiger partial charge in [-0.2, -0.15) is 0 Å². The molecule has 110 valence electrons. The number of aromatic nitrogens is 1. The molecular weight excluding hydrogens is 262 g/mol. The zero-order valence-corrected chi connectivity index (χ0v) is 12.1. The molecule has 1 aliphatic rings. The van der Waals surface area contributed by atoms with Gasteiger partial charge in [-0.25, -0.2) is 4.98 Å². The van der Waals surface area contributed by atoms with E-state index in [0.29, 0.717) is 12.2 Å². The minimum atomic E-state index is -0.640. The Morgan fingerprint density at radius 1 is 1.14 bits per heavy atom. The van der Waals surface area contributed by atoms with Crippen molar-refractivity contribution < 1.29 is 5.11 Å². The van der Waals surface area contributed by atoms with E-state index in [2.05, 4.69) is 34.1 Å². The molecule has 4 heteroatoms. The summed E-state index contributed by atoms with van der Waals surface area (Å²) in [6.07, 6.45) is 3.88. The number of rotatable bonds is 3. The van der Waals surface area contributed by atoms with E-state index in [4.69, 9.17) is 5.73 Å². The molecule has 3 N–H and O–H groups in total. The van der Waals surface area contributed by atoms with Crippen LogP contribution in [0.4, 0.5) is 11.5 Å². The third kappa shape index (κ3) is 3.34. The van der Waals surface area contributed by atoms with Crippen molar-refractivity contribution in [2.24, 2.45) is 0 Å². The quantitative estimate of drug-likeness (QED) is 0.907. The molecule has 0 spiro atoms. The van der Waals surface area contributed by atoms with Crippen molar-refractivity contribution in [2.75, 3.05) is 23.7 Å². The second kappa shape index (κ2) is 5.74. The van der Waals surface area contributed by atoms with Gasteiger partial charge in [0.15, 0.2) is 0 Å². The lowest BCUT2D eigenvalue weighted by molar-refractivity contribution is 0.0165. The van der Waals surface area contributed by atoms with Crippen LogP contribution < -0.4 is 10.6 Å².